The summed E-state index contributed by atoms with van der Waals surface area (Å²) in [6.45, 7) is 0.851. The Morgan fingerprint density at radius 3 is 2.56 bits per heavy atom. The third-order valence-corrected chi connectivity index (χ3v) is 4.11. The largest absolute Gasteiger partial charge is 0.369 e. The first-order valence-corrected chi connectivity index (χ1v) is 8.42. The first-order valence-electron chi connectivity index (χ1n) is 5.89. The fraction of sp³-hybridized carbons (Fsp3) is 0.583. The third kappa shape index (κ3) is 5.87. The van der Waals surface area contributed by atoms with Crippen LogP contribution >= 0.6 is 46.6 Å². The quantitative estimate of drug-likeness (QED) is 0.513. The number of nitrogens with one attached hydrogen (secondary N) is 1. The summed E-state index contributed by atoms with van der Waals surface area (Å²) < 4.78 is 0. The van der Waals surface area contributed by atoms with Crippen molar-refractivity contribution in [2.75, 3.05) is 23.9 Å². The maximum atomic E-state index is 6.01. The molecule has 0 aliphatic carbocycles. The van der Waals surface area contributed by atoms with Crippen molar-refractivity contribution in [3.05, 3.63) is 21.3 Å². The molecule has 18 heavy (non-hydrogen) atoms. The first-order chi connectivity index (χ1) is 8.65. The van der Waals surface area contributed by atoms with E-state index in [2.05, 4.69) is 16.6 Å². The van der Waals surface area contributed by atoms with Crippen molar-refractivity contribution in [3.63, 3.8) is 0 Å². The van der Waals surface area contributed by atoms with Crippen LogP contribution in [0.1, 0.15) is 25.7 Å². The lowest BCUT2D eigenvalue weighted by Gasteiger charge is -2.08. The highest BCUT2D eigenvalue weighted by atomic mass is 35.5. The van der Waals surface area contributed by atoms with E-state index in [1.165, 1.54) is 25.0 Å². The van der Waals surface area contributed by atoms with Crippen LogP contribution in [0.2, 0.25) is 15.2 Å². The number of anilines is 1. The van der Waals surface area contributed by atoms with Crippen molar-refractivity contribution in [1.82, 2.24) is 4.98 Å². The standard InChI is InChI=1S/C12H17Cl3N2S/c1-18-7-5-3-2-4-6-16-12-10(14)8-9(13)11(15)17-12/h8H,2-7H2,1H3,(H,16,17). The van der Waals surface area contributed by atoms with Crippen molar-refractivity contribution in [1.29, 1.82) is 0 Å². The fourth-order valence-electron chi connectivity index (χ4n) is 1.50. The minimum atomic E-state index is 0.281. The molecule has 0 aromatic carbocycles. The minimum Gasteiger partial charge on any atom is -0.369 e. The molecule has 0 saturated heterocycles. The molecule has 1 heterocycles. The Bertz CT molecular complexity index is 375. The summed E-state index contributed by atoms with van der Waals surface area (Å²) in [6, 6.07) is 1.61. The Kier molecular flexibility index (Phi) is 8.23. The van der Waals surface area contributed by atoms with Crippen molar-refractivity contribution in [2.24, 2.45) is 0 Å². The highest BCUT2D eigenvalue weighted by Gasteiger charge is 2.06. The van der Waals surface area contributed by atoms with E-state index in [1.54, 1.807) is 6.07 Å². The summed E-state index contributed by atoms with van der Waals surface area (Å²) in [6.07, 6.45) is 7.01. The van der Waals surface area contributed by atoms with Gasteiger partial charge in [0.1, 0.15) is 11.0 Å². The lowest BCUT2D eigenvalue weighted by Crippen LogP contribution is -2.04. The summed E-state index contributed by atoms with van der Waals surface area (Å²) >= 11 is 19.6. The van der Waals surface area contributed by atoms with Crippen LogP contribution in [0.5, 0.6) is 0 Å². The van der Waals surface area contributed by atoms with Gasteiger partial charge in [0.2, 0.25) is 0 Å². The summed E-state index contributed by atoms with van der Waals surface area (Å²) in [5.74, 6) is 1.85. The van der Waals surface area contributed by atoms with Crippen molar-refractivity contribution >= 4 is 52.4 Å². The lowest BCUT2D eigenvalue weighted by molar-refractivity contribution is 0.688. The zero-order valence-electron chi connectivity index (χ0n) is 10.3. The number of hydrogen-bond acceptors (Lipinski definition) is 3. The van der Waals surface area contributed by atoms with Gasteiger partial charge < -0.3 is 5.32 Å². The predicted molar refractivity (Wildman–Crippen MR) is 84.6 cm³/mol. The molecule has 0 radical (unpaired) electrons. The van der Waals surface area contributed by atoms with Gasteiger partial charge in [-0.25, -0.2) is 4.98 Å². The summed E-state index contributed by atoms with van der Waals surface area (Å²) in [7, 11) is 0. The molecule has 0 atom stereocenters. The molecule has 1 N–H and O–H groups in total. The molecule has 0 fully saturated rings. The van der Waals surface area contributed by atoms with Crippen LogP contribution in [-0.2, 0) is 0 Å². The van der Waals surface area contributed by atoms with Gasteiger partial charge in [0.05, 0.1) is 10.0 Å². The van der Waals surface area contributed by atoms with E-state index in [1.807, 2.05) is 11.8 Å². The molecule has 0 bridgehead atoms. The molecule has 1 aromatic rings. The van der Waals surface area contributed by atoms with E-state index >= 15 is 0 Å². The summed E-state index contributed by atoms with van der Waals surface area (Å²) in [5.41, 5.74) is 0. The fourth-order valence-corrected chi connectivity index (χ4v) is 2.56. The predicted octanol–water partition coefficient (Wildman–Crippen LogP) is 5.38. The zero-order valence-corrected chi connectivity index (χ0v) is 13.4. The highest BCUT2D eigenvalue weighted by Crippen LogP contribution is 2.28. The van der Waals surface area contributed by atoms with Crippen molar-refractivity contribution < 1.29 is 0 Å². The number of aromatic nitrogens is 1. The Morgan fingerprint density at radius 1 is 1.11 bits per heavy atom. The third-order valence-electron chi connectivity index (χ3n) is 2.45. The maximum Gasteiger partial charge on any atom is 0.150 e. The average Bonchev–Trinajstić information content (AvgIpc) is 2.34. The molecule has 0 aliphatic heterocycles. The van der Waals surface area contributed by atoms with Gasteiger partial charge in [-0.15, -0.1) is 0 Å². The molecule has 2 nitrogen and oxygen atoms in total. The van der Waals surface area contributed by atoms with E-state index in [9.17, 15) is 0 Å². The Hall–Kier alpha value is 0.170. The molecule has 0 unspecified atom stereocenters. The second-order valence-electron chi connectivity index (χ2n) is 3.93. The molecular formula is C12H17Cl3N2S. The van der Waals surface area contributed by atoms with Crippen LogP contribution in [0.25, 0.3) is 0 Å². The van der Waals surface area contributed by atoms with Crippen LogP contribution in [0.15, 0.2) is 6.07 Å². The number of thioether (sulfide) groups is 1. The smallest absolute Gasteiger partial charge is 0.150 e. The highest BCUT2D eigenvalue weighted by molar-refractivity contribution is 7.98. The molecule has 0 aliphatic rings. The van der Waals surface area contributed by atoms with Gasteiger partial charge in [-0.05, 0) is 30.9 Å². The second kappa shape index (κ2) is 9.13. The van der Waals surface area contributed by atoms with Gasteiger partial charge in [-0.2, -0.15) is 11.8 Å². The number of halogens is 3. The van der Waals surface area contributed by atoms with Crippen LogP contribution in [0.3, 0.4) is 0 Å². The number of hydrogen-bond donors (Lipinski definition) is 1. The maximum absolute atomic E-state index is 6.01. The van der Waals surface area contributed by atoms with Gasteiger partial charge in [-0.1, -0.05) is 47.6 Å². The molecule has 0 spiro atoms. The topological polar surface area (TPSA) is 24.9 Å². The van der Waals surface area contributed by atoms with Gasteiger partial charge >= 0.3 is 0 Å². The molecule has 0 saturated carbocycles. The molecule has 1 rings (SSSR count). The zero-order chi connectivity index (χ0) is 13.4. The molecule has 0 amide bonds. The van der Waals surface area contributed by atoms with Gasteiger partial charge in [-0.3, -0.25) is 0 Å². The number of unbranched alkanes of at least 4 members (excludes halogenated alkanes) is 3. The normalized spacial score (nSPS) is 10.7. The Balaban J connectivity index is 2.25. The van der Waals surface area contributed by atoms with Gasteiger partial charge in [0.15, 0.2) is 0 Å². The summed E-state index contributed by atoms with van der Waals surface area (Å²) in [4.78, 5) is 4.11. The van der Waals surface area contributed by atoms with E-state index in [0.717, 1.165) is 13.0 Å². The monoisotopic (exact) mass is 326 g/mol. The number of nitrogens with zero attached hydrogens (tertiary/aromatic N) is 1. The van der Waals surface area contributed by atoms with Crippen LogP contribution in [0, 0.1) is 0 Å². The van der Waals surface area contributed by atoms with E-state index < -0.39 is 0 Å². The van der Waals surface area contributed by atoms with E-state index in [0.29, 0.717) is 15.9 Å². The number of pyridine rings is 1. The Morgan fingerprint density at radius 2 is 1.83 bits per heavy atom. The van der Waals surface area contributed by atoms with Crippen molar-refractivity contribution in [3.8, 4) is 0 Å². The number of rotatable bonds is 8. The van der Waals surface area contributed by atoms with Gasteiger partial charge in [0, 0.05) is 6.54 Å². The minimum absolute atomic E-state index is 0.281. The molecule has 102 valence electrons. The lowest BCUT2D eigenvalue weighted by atomic mass is 10.2. The molecule has 6 heteroatoms. The van der Waals surface area contributed by atoms with E-state index in [-0.39, 0.29) is 5.15 Å². The molecular weight excluding hydrogens is 311 g/mol. The van der Waals surface area contributed by atoms with E-state index in [4.69, 9.17) is 34.8 Å². The van der Waals surface area contributed by atoms with Gasteiger partial charge in [0.25, 0.3) is 0 Å². The first kappa shape index (κ1) is 16.2. The Labute approximate surface area is 128 Å². The van der Waals surface area contributed by atoms with Crippen LogP contribution < -0.4 is 5.32 Å². The van der Waals surface area contributed by atoms with Crippen molar-refractivity contribution in [2.45, 2.75) is 25.7 Å². The second-order valence-corrected chi connectivity index (χ2v) is 6.08. The van der Waals surface area contributed by atoms with Crippen LogP contribution in [0.4, 0.5) is 5.82 Å². The average molecular weight is 328 g/mol. The molecule has 1 aromatic heterocycles. The van der Waals surface area contributed by atoms with Crippen LogP contribution in [-0.4, -0.2) is 23.5 Å². The summed E-state index contributed by atoms with van der Waals surface area (Å²) in [5, 5.41) is 4.35. The SMILES string of the molecule is CSCCCCCCNc1nc(Cl)c(Cl)cc1Cl.